The SMILES string of the molecule is CCCC1(C(=O)N(C)c2cccc(O)c2)CCCN1. The first-order valence-corrected chi connectivity index (χ1v) is 6.91. The summed E-state index contributed by atoms with van der Waals surface area (Å²) in [7, 11) is 1.77. The highest BCUT2D eigenvalue weighted by molar-refractivity contribution is 6.00. The lowest BCUT2D eigenvalue weighted by Crippen LogP contribution is -2.54. The molecule has 4 heteroatoms. The number of likely N-dealkylation sites (N-methyl/N-ethyl adjacent to an activating group) is 1. The fraction of sp³-hybridized carbons (Fsp3) is 0.533. The van der Waals surface area contributed by atoms with Crippen molar-refractivity contribution in [1.82, 2.24) is 5.32 Å². The first kappa shape index (κ1) is 13.9. The quantitative estimate of drug-likeness (QED) is 0.875. The van der Waals surface area contributed by atoms with Gasteiger partial charge in [-0.1, -0.05) is 19.4 Å². The Morgan fingerprint density at radius 1 is 1.53 bits per heavy atom. The van der Waals surface area contributed by atoms with Gasteiger partial charge in [0, 0.05) is 18.8 Å². The number of benzene rings is 1. The number of carbonyl (C=O) groups is 1. The minimum absolute atomic E-state index is 0.0949. The molecule has 0 aromatic heterocycles. The van der Waals surface area contributed by atoms with Gasteiger partial charge in [0.05, 0.1) is 5.54 Å². The van der Waals surface area contributed by atoms with Crippen LogP contribution in [0.15, 0.2) is 24.3 Å². The Kier molecular flexibility index (Phi) is 4.10. The molecule has 1 heterocycles. The van der Waals surface area contributed by atoms with E-state index in [4.69, 9.17) is 0 Å². The van der Waals surface area contributed by atoms with Gasteiger partial charge in [0.2, 0.25) is 5.91 Å². The van der Waals surface area contributed by atoms with Crippen molar-refractivity contribution in [3.8, 4) is 5.75 Å². The fourth-order valence-corrected chi connectivity index (χ4v) is 2.88. The zero-order valence-corrected chi connectivity index (χ0v) is 11.6. The van der Waals surface area contributed by atoms with Crippen LogP contribution in [-0.2, 0) is 4.79 Å². The molecule has 1 aromatic carbocycles. The molecule has 19 heavy (non-hydrogen) atoms. The number of nitrogens with one attached hydrogen (secondary N) is 1. The Hall–Kier alpha value is -1.55. The minimum Gasteiger partial charge on any atom is -0.508 e. The molecule has 4 nitrogen and oxygen atoms in total. The number of hydrogen-bond acceptors (Lipinski definition) is 3. The molecule has 1 aliphatic rings. The van der Waals surface area contributed by atoms with Crippen LogP contribution in [-0.4, -0.2) is 30.1 Å². The average molecular weight is 262 g/mol. The maximum atomic E-state index is 12.8. The number of hydrogen-bond donors (Lipinski definition) is 2. The number of anilines is 1. The van der Waals surface area contributed by atoms with Gasteiger partial charge in [-0.25, -0.2) is 0 Å². The number of phenolic OH excluding ortho intramolecular Hbond substituents is 1. The monoisotopic (exact) mass is 262 g/mol. The van der Waals surface area contributed by atoms with Gasteiger partial charge < -0.3 is 15.3 Å². The standard InChI is InChI=1S/C15H22N2O2/c1-3-8-15(9-5-10-16-15)14(19)17(2)12-6-4-7-13(18)11-12/h4,6-7,11,16,18H,3,5,8-10H2,1-2H3. The summed E-state index contributed by atoms with van der Waals surface area (Å²) in [5.41, 5.74) is 0.309. The number of amides is 1. The highest BCUT2D eigenvalue weighted by Gasteiger charge is 2.41. The molecule has 1 unspecified atom stereocenters. The van der Waals surface area contributed by atoms with Gasteiger partial charge in [0.1, 0.15) is 5.75 Å². The predicted octanol–water partition coefficient (Wildman–Crippen LogP) is 2.28. The molecule has 1 saturated heterocycles. The van der Waals surface area contributed by atoms with Crippen LogP contribution >= 0.6 is 0 Å². The number of rotatable bonds is 4. The van der Waals surface area contributed by atoms with Gasteiger partial charge in [0.15, 0.2) is 0 Å². The largest absolute Gasteiger partial charge is 0.508 e. The third-order valence-corrected chi connectivity index (χ3v) is 3.85. The van der Waals surface area contributed by atoms with E-state index < -0.39 is 5.54 Å². The zero-order valence-electron chi connectivity index (χ0n) is 11.6. The highest BCUT2D eigenvalue weighted by Crippen LogP contribution is 2.29. The summed E-state index contributed by atoms with van der Waals surface area (Å²) in [6, 6.07) is 6.82. The number of nitrogens with zero attached hydrogens (tertiary/aromatic N) is 1. The van der Waals surface area contributed by atoms with E-state index in [-0.39, 0.29) is 11.7 Å². The van der Waals surface area contributed by atoms with Crippen molar-refractivity contribution in [2.24, 2.45) is 0 Å². The fourth-order valence-electron chi connectivity index (χ4n) is 2.88. The molecular formula is C15H22N2O2. The summed E-state index contributed by atoms with van der Waals surface area (Å²) in [6.45, 7) is 3.00. The summed E-state index contributed by atoms with van der Waals surface area (Å²) in [4.78, 5) is 14.4. The second kappa shape index (κ2) is 5.61. The smallest absolute Gasteiger partial charge is 0.247 e. The van der Waals surface area contributed by atoms with E-state index in [0.717, 1.165) is 37.9 Å². The van der Waals surface area contributed by atoms with Crippen LogP contribution in [0, 0.1) is 0 Å². The van der Waals surface area contributed by atoms with Crippen LogP contribution in [0.25, 0.3) is 0 Å². The van der Waals surface area contributed by atoms with E-state index in [0.29, 0.717) is 0 Å². The maximum Gasteiger partial charge on any atom is 0.247 e. The van der Waals surface area contributed by atoms with Crippen LogP contribution in [0.3, 0.4) is 0 Å². The van der Waals surface area contributed by atoms with Crippen molar-refractivity contribution in [3.63, 3.8) is 0 Å². The summed E-state index contributed by atoms with van der Waals surface area (Å²) >= 11 is 0. The van der Waals surface area contributed by atoms with E-state index in [1.165, 1.54) is 0 Å². The molecule has 0 saturated carbocycles. The third-order valence-electron chi connectivity index (χ3n) is 3.85. The molecule has 1 aromatic rings. The Labute approximate surface area is 114 Å². The van der Waals surface area contributed by atoms with Gasteiger partial charge >= 0.3 is 0 Å². The molecule has 0 spiro atoms. The van der Waals surface area contributed by atoms with Crippen LogP contribution in [0.2, 0.25) is 0 Å². The van der Waals surface area contributed by atoms with E-state index in [2.05, 4.69) is 12.2 Å². The lowest BCUT2D eigenvalue weighted by molar-refractivity contribution is -0.124. The Morgan fingerprint density at radius 3 is 2.89 bits per heavy atom. The number of phenols is 1. The Bertz CT molecular complexity index is 453. The van der Waals surface area contributed by atoms with E-state index in [9.17, 15) is 9.90 Å². The summed E-state index contributed by atoms with van der Waals surface area (Å²) in [5.74, 6) is 0.276. The van der Waals surface area contributed by atoms with E-state index in [1.54, 1.807) is 30.1 Å². The van der Waals surface area contributed by atoms with Crippen molar-refractivity contribution < 1.29 is 9.90 Å². The summed E-state index contributed by atoms with van der Waals surface area (Å²) < 4.78 is 0. The van der Waals surface area contributed by atoms with Gasteiger partial charge in [0.25, 0.3) is 0 Å². The summed E-state index contributed by atoms with van der Waals surface area (Å²) in [6.07, 6.45) is 3.77. The molecule has 1 fully saturated rings. The topological polar surface area (TPSA) is 52.6 Å². The van der Waals surface area contributed by atoms with Crippen LogP contribution in [0.4, 0.5) is 5.69 Å². The van der Waals surface area contributed by atoms with Crippen molar-refractivity contribution in [2.45, 2.75) is 38.1 Å². The van der Waals surface area contributed by atoms with E-state index in [1.807, 2.05) is 6.07 Å². The van der Waals surface area contributed by atoms with Gasteiger partial charge in [-0.15, -0.1) is 0 Å². The molecule has 0 radical (unpaired) electrons. The van der Waals surface area contributed by atoms with Gasteiger partial charge in [-0.3, -0.25) is 4.79 Å². The second-order valence-electron chi connectivity index (χ2n) is 5.25. The molecule has 104 valence electrons. The van der Waals surface area contributed by atoms with Crippen molar-refractivity contribution in [1.29, 1.82) is 0 Å². The number of carbonyl (C=O) groups excluding carboxylic acids is 1. The number of aromatic hydroxyl groups is 1. The molecule has 0 aliphatic carbocycles. The average Bonchev–Trinajstić information content (AvgIpc) is 2.87. The Balaban J connectivity index is 2.22. The first-order valence-electron chi connectivity index (χ1n) is 6.91. The van der Waals surface area contributed by atoms with Crippen LogP contribution < -0.4 is 10.2 Å². The lowest BCUT2D eigenvalue weighted by Gasteiger charge is -2.32. The highest BCUT2D eigenvalue weighted by atomic mass is 16.3. The third kappa shape index (κ3) is 2.73. The molecule has 1 aliphatic heterocycles. The van der Waals surface area contributed by atoms with Crippen LogP contribution in [0.1, 0.15) is 32.6 Å². The molecule has 1 amide bonds. The van der Waals surface area contributed by atoms with Gasteiger partial charge in [-0.2, -0.15) is 0 Å². The van der Waals surface area contributed by atoms with E-state index >= 15 is 0 Å². The molecular weight excluding hydrogens is 240 g/mol. The zero-order chi connectivity index (χ0) is 13.9. The molecule has 2 N–H and O–H groups in total. The molecule has 0 bridgehead atoms. The molecule has 1 atom stereocenters. The van der Waals surface area contributed by atoms with Crippen molar-refractivity contribution >= 4 is 11.6 Å². The lowest BCUT2D eigenvalue weighted by atomic mass is 9.90. The minimum atomic E-state index is -0.422. The van der Waals surface area contributed by atoms with Crippen LogP contribution in [0.5, 0.6) is 5.75 Å². The maximum absolute atomic E-state index is 12.8. The Morgan fingerprint density at radius 2 is 2.32 bits per heavy atom. The van der Waals surface area contributed by atoms with Crippen molar-refractivity contribution in [2.75, 3.05) is 18.5 Å². The van der Waals surface area contributed by atoms with Crippen molar-refractivity contribution in [3.05, 3.63) is 24.3 Å². The van der Waals surface area contributed by atoms with Gasteiger partial charge in [-0.05, 0) is 37.9 Å². The first-order chi connectivity index (χ1) is 9.09. The predicted molar refractivity (Wildman–Crippen MR) is 76.4 cm³/mol. The normalized spacial score (nSPS) is 22.4. The summed E-state index contributed by atoms with van der Waals surface area (Å²) in [5, 5.41) is 12.9. The second-order valence-corrected chi connectivity index (χ2v) is 5.25. The molecule has 2 rings (SSSR count).